The molecule has 1 aliphatic heterocycles. The molecule has 1 aromatic carbocycles. The summed E-state index contributed by atoms with van der Waals surface area (Å²) >= 11 is 3.31. The van der Waals surface area contributed by atoms with E-state index in [1.165, 1.54) is 18.9 Å². The molecule has 15 heavy (non-hydrogen) atoms. The summed E-state index contributed by atoms with van der Waals surface area (Å²) in [7, 11) is 0. The molecule has 1 saturated heterocycles. The van der Waals surface area contributed by atoms with E-state index in [1.807, 2.05) is 6.07 Å². The molecule has 0 aliphatic carbocycles. The summed E-state index contributed by atoms with van der Waals surface area (Å²) in [6.07, 6.45) is 2.51. The van der Waals surface area contributed by atoms with Crippen LogP contribution in [0.1, 0.15) is 25.3 Å². The molecular weight excluding hydrogens is 257 g/mol. The summed E-state index contributed by atoms with van der Waals surface area (Å²) in [5, 5.41) is 0. The molecule has 1 nitrogen and oxygen atoms in total. The number of hydrogen-bond donors (Lipinski definition) is 0. The van der Waals surface area contributed by atoms with Crippen molar-refractivity contribution in [3.05, 3.63) is 34.1 Å². The van der Waals surface area contributed by atoms with Crippen molar-refractivity contribution in [2.24, 2.45) is 0 Å². The molecule has 0 radical (unpaired) electrons. The van der Waals surface area contributed by atoms with Crippen LogP contribution in [0.5, 0.6) is 0 Å². The van der Waals surface area contributed by atoms with Gasteiger partial charge in [-0.1, -0.05) is 12.1 Å². The van der Waals surface area contributed by atoms with Gasteiger partial charge in [-0.15, -0.1) is 0 Å². The number of rotatable bonds is 2. The first-order valence-electron chi connectivity index (χ1n) is 5.35. The van der Waals surface area contributed by atoms with Crippen LogP contribution in [0.25, 0.3) is 0 Å². The van der Waals surface area contributed by atoms with Crippen LogP contribution in [-0.4, -0.2) is 17.5 Å². The van der Waals surface area contributed by atoms with Crippen LogP contribution < -0.4 is 0 Å². The van der Waals surface area contributed by atoms with Crippen molar-refractivity contribution in [2.45, 2.75) is 32.4 Å². The van der Waals surface area contributed by atoms with E-state index >= 15 is 0 Å². The zero-order valence-corrected chi connectivity index (χ0v) is 10.4. The summed E-state index contributed by atoms with van der Waals surface area (Å²) in [6, 6.07) is 5.87. The van der Waals surface area contributed by atoms with Crippen LogP contribution in [0, 0.1) is 5.82 Å². The highest BCUT2D eigenvalue weighted by Crippen LogP contribution is 2.25. The van der Waals surface area contributed by atoms with Gasteiger partial charge < -0.3 is 0 Å². The highest BCUT2D eigenvalue weighted by Gasteiger charge is 2.21. The Morgan fingerprint density at radius 1 is 1.53 bits per heavy atom. The number of benzene rings is 1. The summed E-state index contributed by atoms with van der Waals surface area (Å²) < 4.78 is 13.9. The first kappa shape index (κ1) is 11.1. The molecule has 3 heteroatoms. The zero-order chi connectivity index (χ0) is 10.8. The van der Waals surface area contributed by atoms with Gasteiger partial charge in [-0.3, -0.25) is 4.90 Å². The normalized spacial score (nSPS) is 22.2. The standard InChI is InChI=1S/C12H15BrFN/c1-9-4-3-7-15(9)8-10-5-2-6-11(14)12(10)13/h2,5-6,9H,3-4,7-8H2,1H3. The van der Waals surface area contributed by atoms with Crippen LogP contribution in [-0.2, 0) is 6.54 Å². The molecule has 0 amide bonds. The van der Waals surface area contributed by atoms with Gasteiger partial charge in [0.15, 0.2) is 0 Å². The van der Waals surface area contributed by atoms with E-state index in [0.717, 1.165) is 18.7 Å². The van der Waals surface area contributed by atoms with Crippen LogP contribution in [0.2, 0.25) is 0 Å². The Labute approximate surface area is 98.4 Å². The van der Waals surface area contributed by atoms with Gasteiger partial charge in [0.1, 0.15) is 5.82 Å². The van der Waals surface area contributed by atoms with E-state index < -0.39 is 0 Å². The molecule has 1 aliphatic rings. The Bertz CT molecular complexity index is 353. The van der Waals surface area contributed by atoms with Gasteiger partial charge in [-0.25, -0.2) is 4.39 Å². The topological polar surface area (TPSA) is 3.24 Å². The lowest BCUT2D eigenvalue weighted by Crippen LogP contribution is -2.26. The van der Waals surface area contributed by atoms with Crippen LogP contribution in [0.15, 0.2) is 22.7 Å². The summed E-state index contributed by atoms with van der Waals surface area (Å²) in [4.78, 5) is 2.40. The number of hydrogen-bond acceptors (Lipinski definition) is 1. The Morgan fingerprint density at radius 2 is 2.33 bits per heavy atom. The molecule has 1 atom stereocenters. The molecule has 1 unspecified atom stereocenters. The maximum atomic E-state index is 13.3. The Hall–Kier alpha value is -0.410. The van der Waals surface area contributed by atoms with Gasteiger partial charge in [0.05, 0.1) is 4.47 Å². The van der Waals surface area contributed by atoms with Gasteiger partial charge in [0, 0.05) is 12.6 Å². The molecule has 1 heterocycles. The lowest BCUT2D eigenvalue weighted by atomic mass is 10.2. The molecule has 0 bridgehead atoms. The molecular formula is C12H15BrFN. The van der Waals surface area contributed by atoms with Crippen molar-refractivity contribution >= 4 is 15.9 Å². The van der Waals surface area contributed by atoms with E-state index in [2.05, 4.69) is 27.8 Å². The van der Waals surface area contributed by atoms with E-state index in [1.54, 1.807) is 6.07 Å². The van der Waals surface area contributed by atoms with Gasteiger partial charge in [-0.2, -0.15) is 0 Å². The average molecular weight is 272 g/mol. The van der Waals surface area contributed by atoms with Gasteiger partial charge in [0.25, 0.3) is 0 Å². The largest absolute Gasteiger partial charge is 0.296 e. The maximum absolute atomic E-state index is 13.3. The second-order valence-electron chi connectivity index (χ2n) is 4.17. The van der Waals surface area contributed by atoms with E-state index in [-0.39, 0.29) is 5.82 Å². The molecule has 0 N–H and O–H groups in total. The zero-order valence-electron chi connectivity index (χ0n) is 8.84. The molecule has 0 spiro atoms. The molecule has 0 saturated carbocycles. The Kier molecular flexibility index (Phi) is 3.42. The molecule has 1 aromatic rings. The molecule has 82 valence electrons. The minimum absolute atomic E-state index is 0.167. The van der Waals surface area contributed by atoms with Crippen molar-refractivity contribution < 1.29 is 4.39 Å². The lowest BCUT2D eigenvalue weighted by molar-refractivity contribution is 0.259. The first-order valence-corrected chi connectivity index (χ1v) is 6.14. The predicted octanol–water partition coefficient (Wildman–Crippen LogP) is 3.57. The van der Waals surface area contributed by atoms with Crippen LogP contribution >= 0.6 is 15.9 Å². The lowest BCUT2D eigenvalue weighted by Gasteiger charge is -2.21. The van der Waals surface area contributed by atoms with Crippen molar-refractivity contribution in [3.8, 4) is 0 Å². The monoisotopic (exact) mass is 271 g/mol. The average Bonchev–Trinajstić information content (AvgIpc) is 2.60. The second kappa shape index (κ2) is 4.62. The maximum Gasteiger partial charge on any atom is 0.137 e. The van der Waals surface area contributed by atoms with E-state index in [4.69, 9.17) is 0 Å². The highest BCUT2D eigenvalue weighted by molar-refractivity contribution is 9.10. The fraction of sp³-hybridized carbons (Fsp3) is 0.500. The van der Waals surface area contributed by atoms with E-state index in [0.29, 0.717) is 10.5 Å². The van der Waals surface area contributed by atoms with Gasteiger partial charge in [0.2, 0.25) is 0 Å². The number of halogens is 2. The van der Waals surface area contributed by atoms with Crippen molar-refractivity contribution in [3.63, 3.8) is 0 Å². The van der Waals surface area contributed by atoms with Crippen molar-refractivity contribution in [1.82, 2.24) is 4.90 Å². The third-order valence-corrected chi connectivity index (χ3v) is 3.98. The quantitative estimate of drug-likeness (QED) is 0.795. The summed E-state index contributed by atoms with van der Waals surface area (Å²) in [5.74, 6) is -0.167. The number of likely N-dealkylation sites (tertiary alicyclic amines) is 1. The third-order valence-electron chi connectivity index (χ3n) is 3.10. The summed E-state index contributed by atoms with van der Waals surface area (Å²) in [6.45, 7) is 4.21. The Morgan fingerprint density at radius 3 is 3.00 bits per heavy atom. The SMILES string of the molecule is CC1CCCN1Cc1cccc(F)c1Br. The van der Waals surface area contributed by atoms with Crippen LogP contribution in [0.4, 0.5) is 4.39 Å². The molecule has 2 rings (SSSR count). The van der Waals surface area contributed by atoms with Crippen molar-refractivity contribution in [2.75, 3.05) is 6.54 Å². The fourth-order valence-electron chi connectivity index (χ4n) is 2.12. The van der Waals surface area contributed by atoms with Gasteiger partial charge in [-0.05, 0) is 53.9 Å². The molecule has 0 aromatic heterocycles. The highest BCUT2D eigenvalue weighted by atomic mass is 79.9. The van der Waals surface area contributed by atoms with E-state index in [9.17, 15) is 4.39 Å². The van der Waals surface area contributed by atoms with Crippen molar-refractivity contribution in [1.29, 1.82) is 0 Å². The smallest absolute Gasteiger partial charge is 0.137 e. The second-order valence-corrected chi connectivity index (χ2v) is 4.97. The van der Waals surface area contributed by atoms with Gasteiger partial charge >= 0.3 is 0 Å². The Balaban J connectivity index is 2.13. The summed E-state index contributed by atoms with van der Waals surface area (Å²) in [5.41, 5.74) is 1.05. The minimum Gasteiger partial charge on any atom is -0.296 e. The minimum atomic E-state index is -0.167. The van der Waals surface area contributed by atoms with Crippen LogP contribution in [0.3, 0.4) is 0 Å². The number of nitrogens with zero attached hydrogens (tertiary/aromatic N) is 1. The first-order chi connectivity index (χ1) is 7.18. The molecule has 1 fully saturated rings. The predicted molar refractivity (Wildman–Crippen MR) is 63.2 cm³/mol. The third kappa shape index (κ3) is 2.40. The fourth-order valence-corrected chi connectivity index (χ4v) is 2.51.